The van der Waals surface area contributed by atoms with Crippen molar-refractivity contribution in [1.29, 1.82) is 0 Å². The summed E-state index contributed by atoms with van der Waals surface area (Å²) in [5, 5.41) is 15.0. The summed E-state index contributed by atoms with van der Waals surface area (Å²) in [5.41, 5.74) is 2.63. The molecule has 4 aromatic heterocycles. The molecule has 1 aromatic carbocycles. The molecule has 1 N–H and O–H groups in total. The van der Waals surface area contributed by atoms with Crippen molar-refractivity contribution in [2.75, 3.05) is 5.32 Å². The Balaban J connectivity index is 1.46. The number of fused-ring (bicyclic) bond motifs is 4. The van der Waals surface area contributed by atoms with Gasteiger partial charge in [-0.1, -0.05) is 41.8 Å². The van der Waals surface area contributed by atoms with Crippen LogP contribution in [0.1, 0.15) is 37.9 Å². The lowest BCUT2D eigenvalue weighted by molar-refractivity contribution is -0.119. The predicted molar refractivity (Wildman–Crippen MR) is 155 cm³/mol. The molecule has 6 rings (SSSR count). The van der Waals surface area contributed by atoms with E-state index in [2.05, 4.69) is 30.7 Å². The van der Waals surface area contributed by atoms with Gasteiger partial charge in [-0.25, -0.2) is 14.1 Å². The fourth-order valence-electron chi connectivity index (χ4n) is 5.20. The summed E-state index contributed by atoms with van der Waals surface area (Å²) < 4.78 is 19.8. The summed E-state index contributed by atoms with van der Waals surface area (Å²) in [5.74, 6) is -1.13. The molecule has 1 aliphatic heterocycles. The van der Waals surface area contributed by atoms with Crippen LogP contribution in [0.15, 0.2) is 60.0 Å². The van der Waals surface area contributed by atoms with Crippen LogP contribution >= 0.6 is 23.2 Å². The van der Waals surface area contributed by atoms with Crippen LogP contribution in [0.2, 0.25) is 10.2 Å². The second-order valence-corrected chi connectivity index (χ2v) is 10.9. The number of pyridine rings is 1. The van der Waals surface area contributed by atoms with Crippen LogP contribution in [0.3, 0.4) is 0 Å². The van der Waals surface area contributed by atoms with Gasteiger partial charge >= 0.3 is 0 Å². The van der Waals surface area contributed by atoms with Gasteiger partial charge in [0.15, 0.2) is 11.0 Å². The van der Waals surface area contributed by atoms with Gasteiger partial charge in [0.2, 0.25) is 5.91 Å². The first kappa shape index (κ1) is 27.7. The van der Waals surface area contributed by atoms with E-state index < -0.39 is 17.4 Å². The van der Waals surface area contributed by atoms with Crippen LogP contribution in [0, 0.1) is 11.7 Å². The number of aromatic nitrogens is 8. The molecular formula is C28H24Cl2FN9O2. The highest BCUT2D eigenvalue weighted by atomic mass is 35.5. The number of nitrogens with one attached hydrogen (secondary N) is 1. The summed E-state index contributed by atoms with van der Waals surface area (Å²) in [4.78, 5) is 35.7. The van der Waals surface area contributed by atoms with E-state index in [9.17, 15) is 9.59 Å². The molecule has 14 heteroatoms. The first-order chi connectivity index (χ1) is 20.2. The lowest BCUT2D eigenvalue weighted by Crippen LogP contribution is -2.27. The average molecular weight is 608 g/mol. The molecule has 0 aliphatic carbocycles. The van der Waals surface area contributed by atoms with Gasteiger partial charge in [0.25, 0.3) is 5.56 Å². The number of halogens is 3. The number of rotatable bonds is 3. The van der Waals surface area contributed by atoms with Crippen molar-refractivity contribution in [3.05, 3.63) is 87.3 Å². The fourth-order valence-corrected chi connectivity index (χ4v) is 5.48. The van der Waals surface area contributed by atoms with Gasteiger partial charge in [-0.2, -0.15) is 5.10 Å². The van der Waals surface area contributed by atoms with E-state index in [0.29, 0.717) is 30.6 Å². The third kappa shape index (κ3) is 5.07. The van der Waals surface area contributed by atoms with Crippen LogP contribution < -0.4 is 10.9 Å². The van der Waals surface area contributed by atoms with Crippen molar-refractivity contribution in [3.8, 4) is 28.2 Å². The smallest absolute Gasteiger partial charge is 0.254 e. The van der Waals surface area contributed by atoms with Gasteiger partial charge in [0.05, 0.1) is 63.8 Å². The Bertz CT molecular complexity index is 1880. The van der Waals surface area contributed by atoms with Gasteiger partial charge in [-0.05, 0) is 37.1 Å². The second kappa shape index (κ2) is 11.1. The Morgan fingerprint density at radius 2 is 1.93 bits per heavy atom. The van der Waals surface area contributed by atoms with E-state index in [-0.39, 0.29) is 38.9 Å². The molecule has 2 atom stereocenters. The zero-order chi connectivity index (χ0) is 29.5. The molecule has 5 heterocycles. The molecule has 1 aliphatic rings. The molecule has 0 unspecified atom stereocenters. The standard InChI is InChI=1S/C28H24Cl2FN9O2/c1-15-4-3-5-21(18-10-16(8-9-32-18)27-20(35-28(15)42)12-34-38(27)2)39-14-33-19(11-24(39)41)25-22(7-6-17(29)26(25)31)40-13-23(30)36-37-40/h6-15,21H,3-5H2,1-2H3,(H,35,42)/t15-,21+/m1/s1. The maximum absolute atomic E-state index is 15.4. The lowest BCUT2D eigenvalue weighted by Gasteiger charge is -2.22. The maximum Gasteiger partial charge on any atom is 0.254 e. The van der Waals surface area contributed by atoms with Crippen molar-refractivity contribution >= 4 is 34.8 Å². The minimum absolute atomic E-state index is 0.0179. The van der Waals surface area contributed by atoms with Crippen molar-refractivity contribution < 1.29 is 9.18 Å². The lowest BCUT2D eigenvalue weighted by atomic mass is 9.97. The normalized spacial score (nSPS) is 17.2. The topological polar surface area (TPSA) is 125 Å². The highest BCUT2D eigenvalue weighted by molar-refractivity contribution is 6.31. The van der Waals surface area contributed by atoms with E-state index in [1.807, 2.05) is 19.1 Å². The summed E-state index contributed by atoms with van der Waals surface area (Å²) in [7, 11) is 1.79. The molecule has 0 saturated heterocycles. The molecule has 42 heavy (non-hydrogen) atoms. The molecule has 11 nitrogen and oxygen atoms in total. The van der Waals surface area contributed by atoms with Crippen molar-refractivity contribution in [3.63, 3.8) is 0 Å². The third-order valence-corrected chi connectivity index (χ3v) is 7.83. The van der Waals surface area contributed by atoms with Gasteiger partial charge in [0, 0.05) is 30.8 Å². The van der Waals surface area contributed by atoms with E-state index in [1.165, 1.54) is 33.9 Å². The van der Waals surface area contributed by atoms with Gasteiger partial charge in [-0.15, -0.1) is 5.10 Å². The van der Waals surface area contributed by atoms with Gasteiger partial charge in [0.1, 0.15) is 0 Å². The molecular weight excluding hydrogens is 584 g/mol. The largest absolute Gasteiger partial charge is 0.323 e. The first-order valence-corrected chi connectivity index (χ1v) is 13.9. The Morgan fingerprint density at radius 1 is 1.10 bits per heavy atom. The Kier molecular flexibility index (Phi) is 7.33. The summed E-state index contributed by atoms with van der Waals surface area (Å²) in [6.07, 6.45) is 7.82. The minimum atomic E-state index is -0.759. The molecule has 0 saturated carbocycles. The van der Waals surface area contributed by atoms with Crippen LogP contribution in [0.4, 0.5) is 10.1 Å². The second-order valence-electron chi connectivity index (χ2n) is 10.1. The quantitative estimate of drug-likeness (QED) is 0.303. The number of anilines is 1. The molecule has 1 amide bonds. The molecule has 214 valence electrons. The van der Waals surface area contributed by atoms with Crippen LogP contribution in [0.25, 0.3) is 28.2 Å². The van der Waals surface area contributed by atoms with Crippen LogP contribution in [-0.4, -0.2) is 45.2 Å². The number of amides is 1. The molecule has 5 aromatic rings. The zero-order valence-corrected chi connectivity index (χ0v) is 24.0. The highest BCUT2D eigenvalue weighted by Gasteiger charge is 2.25. The first-order valence-electron chi connectivity index (χ1n) is 13.1. The summed E-state index contributed by atoms with van der Waals surface area (Å²) in [6, 6.07) is 7.39. The van der Waals surface area contributed by atoms with E-state index in [0.717, 1.165) is 11.3 Å². The van der Waals surface area contributed by atoms with Crippen LogP contribution in [-0.2, 0) is 11.8 Å². The zero-order valence-electron chi connectivity index (χ0n) is 22.5. The van der Waals surface area contributed by atoms with E-state index >= 15 is 4.39 Å². The average Bonchev–Trinajstić information content (AvgIpc) is 3.57. The number of hydrogen-bond acceptors (Lipinski definition) is 7. The van der Waals surface area contributed by atoms with E-state index in [4.69, 9.17) is 23.2 Å². The molecule has 0 radical (unpaired) electrons. The summed E-state index contributed by atoms with van der Waals surface area (Å²) in [6.45, 7) is 1.87. The Morgan fingerprint density at radius 3 is 2.69 bits per heavy atom. The Labute approximate surface area is 248 Å². The van der Waals surface area contributed by atoms with Gasteiger partial charge in [-0.3, -0.25) is 23.8 Å². The van der Waals surface area contributed by atoms with Crippen molar-refractivity contribution in [2.24, 2.45) is 13.0 Å². The van der Waals surface area contributed by atoms with Crippen molar-refractivity contribution in [2.45, 2.75) is 32.2 Å². The van der Waals surface area contributed by atoms with E-state index in [1.54, 1.807) is 30.2 Å². The van der Waals surface area contributed by atoms with Crippen LogP contribution in [0.5, 0.6) is 0 Å². The number of carbonyl (C=O) groups excluding carboxylic acids is 1. The highest BCUT2D eigenvalue weighted by Crippen LogP contribution is 2.34. The predicted octanol–water partition coefficient (Wildman–Crippen LogP) is 5.08. The van der Waals surface area contributed by atoms with Crippen molar-refractivity contribution in [1.82, 2.24) is 39.3 Å². The number of hydrogen-bond donors (Lipinski definition) is 1. The fraction of sp³-hybridized carbons (Fsp3) is 0.250. The molecule has 2 bridgehead atoms. The summed E-state index contributed by atoms with van der Waals surface area (Å²) >= 11 is 12.0. The molecule has 0 spiro atoms. The number of benzene rings is 1. The Hall–Kier alpha value is -4.42. The SMILES string of the molecule is C[C@@H]1CCC[C@H](n2cnc(-c3c(-n4cc(Cl)nn4)ccc(Cl)c3F)cc2=O)c2cc(ccn2)-c2c(cnn2C)NC1=O. The third-order valence-electron chi connectivity index (χ3n) is 7.37. The molecule has 0 fully saturated rings. The number of nitrogens with zero attached hydrogens (tertiary/aromatic N) is 8. The maximum atomic E-state index is 15.4. The number of carbonyl (C=O) groups is 1. The monoisotopic (exact) mass is 607 g/mol. The van der Waals surface area contributed by atoms with Gasteiger partial charge < -0.3 is 5.32 Å². The minimum Gasteiger partial charge on any atom is -0.323 e. The number of aryl methyl sites for hydroxylation is 1.